The Bertz CT molecular complexity index is 1180. The van der Waals surface area contributed by atoms with Crippen LogP contribution in [-0.4, -0.2) is 19.0 Å². The predicted octanol–water partition coefficient (Wildman–Crippen LogP) is 5.55. The second-order valence-corrected chi connectivity index (χ2v) is 8.18. The lowest BCUT2D eigenvalue weighted by Crippen LogP contribution is -2.19. The second kappa shape index (κ2) is 8.38. The zero-order valence-corrected chi connectivity index (χ0v) is 18.5. The van der Waals surface area contributed by atoms with Crippen molar-refractivity contribution < 1.29 is 14.3 Å². The van der Waals surface area contributed by atoms with Gasteiger partial charge in [0, 0.05) is 12.0 Å². The van der Waals surface area contributed by atoms with E-state index in [-0.39, 0.29) is 18.3 Å². The molecule has 0 aliphatic carbocycles. The Balaban J connectivity index is 2.09. The summed E-state index contributed by atoms with van der Waals surface area (Å²) in [6, 6.07) is 16.6. The molecule has 0 spiro atoms. The quantitative estimate of drug-likeness (QED) is 0.573. The number of esters is 1. The van der Waals surface area contributed by atoms with Crippen LogP contribution in [0.5, 0.6) is 0 Å². The van der Waals surface area contributed by atoms with Crippen molar-refractivity contribution in [2.75, 3.05) is 12.4 Å². The van der Waals surface area contributed by atoms with E-state index < -0.39 is 0 Å². The molecule has 0 unspecified atom stereocenters. The van der Waals surface area contributed by atoms with Crippen LogP contribution >= 0.6 is 0 Å². The molecule has 0 atom stereocenters. The summed E-state index contributed by atoms with van der Waals surface area (Å²) in [5.41, 5.74) is 10.2. The van der Waals surface area contributed by atoms with Gasteiger partial charge in [-0.25, -0.2) is 0 Å². The molecule has 158 valence electrons. The zero-order valence-electron chi connectivity index (χ0n) is 18.5. The molecule has 0 aromatic heterocycles. The Morgan fingerprint density at radius 2 is 1.65 bits per heavy atom. The number of aryl methyl sites for hydroxylation is 2. The standard InChI is InChI=1S/C27H27NO3/c1-16-9-11-20(12-10-16)25-18(3)26-21-8-6-5-7-19(21)13-14-23(29)28-27(26)17(2)22(25)15-24(30)31-4/h5-12H,13-15H2,1-4H3,(H,28,29). The Kier molecular flexibility index (Phi) is 5.64. The molecule has 1 heterocycles. The van der Waals surface area contributed by atoms with Gasteiger partial charge in [0.1, 0.15) is 0 Å². The minimum absolute atomic E-state index is 0.00893. The number of benzene rings is 3. The summed E-state index contributed by atoms with van der Waals surface area (Å²) in [5.74, 6) is -0.307. The van der Waals surface area contributed by atoms with Gasteiger partial charge in [0.05, 0.1) is 19.2 Å². The maximum absolute atomic E-state index is 12.7. The normalized spacial score (nSPS) is 12.8. The van der Waals surface area contributed by atoms with E-state index in [1.807, 2.05) is 19.1 Å². The van der Waals surface area contributed by atoms with Crippen molar-refractivity contribution in [2.45, 2.75) is 40.0 Å². The topological polar surface area (TPSA) is 55.4 Å². The van der Waals surface area contributed by atoms with Gasteiger partial charge in [-0.2, -0.15) is 0 Å². The molecule has 0 saturated carbocycles. The first kappa shape index (κ1) is 20.9. The van der Waals surface area contributed by atoms with Crippen LogP contribution in [0, 0.1) is 20.8 Å². The summed E-state index contributed by atoms with van der Waals surface area (Å²) in [5, 5.41) is 3.14. The fraction of sp³-hybridized carbons (Fsp3) is 0.259. The Morgan fingerprint density at radius 3 is 2.35 bits per heavy atom. The molecule has 0 bridgehead atoms. The number of fused-ring (bicyclic) bond motifs is 3. The van der Waals surface area contributed by atoms with Crippen molar-refractivity contribution in [3.8, 4) is 22.3 Å². The van der Waals surface area contributed by atoms with Crippen LogP contribution in [-0.2, 0) is 27.2 Å². The van der Waals surface area contributed by atoms with Gasteiger partial charge >= 0.3 is 5.97 Å². The smallest absolute Gasteiger partial charge is 0.310 e. The molecule has 0 radical (unpaired) electrons. The fourth-order valence-corrected chi connectivity index (χ4v) is 4.54. The number of hydrogen-bond donors (Lipinski definition) is 1. The number of anilines is 1. The molecule has 4 rings (SSSR count). The van der Waals surface area contributed by atoms with Crippen LogP contribution in [0.1, 0.15) is 34.2 Å². The van der Waals surface area contributed by atoms with Crippen molar-refractivity contribution in [2.24, 2.45) is 0 Å². The third-order valence-corrected chi connectivity index (χ3v) is 6.19. The fourth-order valence-electron chi connectivity index (χ4n) is 4.54. The monoisotopic (exact) mass is 413 g/mol. The van der Waals surface area contributed by atoms with E-state index in [1.54, 1.807) is 0 Å². The molecule has 0 fully saturated rings. The summed E-state index contributed by atoms with van der Waals surface area (Å²) in [7, 11) is 1.40. The lowest BCUT2D eigenvalue weighted by Gasteiger charge is -2.27. The van der Waals surface area contributed by atoms with Crippen molar-refractivity contribution in [3.63, 3.8) is 0 Å². The van der Waals surface area contributed by atoms with Crippen LogP contribution in [0.4, 0.5) is 5.69 Å². The zero-order chi connectivity index (χ0) is 22.1. The van der Waals surface area contributed by atoms with Gasteiger partial charge < -0.3 is 10.1 Å². The third kappa shape index (κ3) is 3.86. The van der Waals surface area contributed by atoms with E-state index >= 15 is 0 Å². The highest BCUT2D eigenvalue weighted by Gasteiger charge is 2.26. The SMILES string of the molecule is COC(=O)Cc1c(C)c2c(c(C)c1-c1ccc(C)cc1)-c1ccccc1CCC(=O)N2. The molecule has 1 N–H and O–H groups in total. The molecule has 31 heavy (non-hydrogen) atoms. The molecule has 4 heteroatoms. The first-order valence-corrected chi connectivity index (χ1v) is 10.6. The van der Waals surface area contributed by atoms with Gasteiger partial charge in [0.2, 0.25) is 5.91 Å². The van der Waals surface area contributed by atoms with Gasteiger partial charge in [-0.05, 0) is 66.1 Å². The number of methoxy groups -OCH3 is 1. The molecular formula is C27H27NO3. The Morgan fingerprint density at radius 1 is 0.935 bits per heavy atom. The van der Waals surface area contributed by atoms with E-state index in [4.69, 9.17) is 4.74 Å². The van der Waals surface area contributed by atoms with Crippen molar-refractivity contribution >= 4 is 17.6 Å². The van der Waals surface area contributed by atoms with Crippen LogP contribution in [0.15, 0.2) is 48.5 Å². The Hall–Kier alpha value is -3.40. The van der Waals surface area contributed by atoms with E-state index in [9.17, 15) is 9.59 Å². The molecule has 1 aliphatic heterocycles. The van der Waals surface area contributed by atoms with E-state index in [0.29, 0.717) is 12.8 Å². The number of amides is 1. The number of carbonyl (C=O) groups excluding carboxylic acids is 2. The molecule has 4 nitrogen and oxygen atoms in total. The number of hydrogen-bond acceptors (Lipinski definition) is 3. The highest BCUT2D eigenvalue weighted by molar-refractivity contribution is 6.02. The molecule has 3 aromatic rings. The van der Waals surface area contributed by atoms with Crippen LogP contribution in [0.3, 0.4) is 0 Å². The minimum atomic E-state index is -0.298. The molecule has 1 aliphatic rings. The molecule has 0 saturated heterocycles. The lowest BCUT2D eigenvalue weighted by atomic mass is 9.81. The maximum atomic E-state index is 12.7. The second-order valence-electron chi connectivity index (χ2n) is 8.18. The van der Waals surface area contributed by atoms with E-state index in [1.165, 1.54) is 12.7 Å². The van der Waals surface area contributed by atoms with Gasteiger partial charge in [0.25, 0.3) is 0 Å². The van der Waals surface area contributed by atoms with E-state index in [0.717, 1.165) is 50.2 Å². The minimum Gasteiger partial charge on any atom is -0.469 e. The number of nitrogens with one attached hydrogen (secondary N) is 1. The Labute approximate surface area is 183 Å². The molecule has 1 amide bonds. The van der Waals surface area contributed by atoms with Crippen LogP contribution < -0.4 is 5.32 Å². The molecular weight excluding hydrogens is 386 g/mol. The van der Waals surface area contributed by atoms with Gasteiger partial charge in [-0.1, -0.05) is 54.1 Å². The summed E-state index contributed by atoms with van der Waals surface area (Å²) >= 11 is 0. The van der Waals surface area contributed by atoms with Crippen LogP contribution in [0.2, 0.25) is 0 Å². The number of carbonyl (C=O) groups is 2. The highest BCUT2D eigenvalue weighted by atomic mass is 16.5. The first-order chi connectivity index (χ1) is 14.9. The first-order valence-electron chi connectivity index (χ1n) is 10.6. The highest BCUT2D eigenvalue weighted by Crippen LogP contribution is 2.45. The lowest BCUT2D eigenvalue weighted by molar-refractivity contribution is -0.139. The van der Waals surface area contributed by atoms with Gasteiger partial charge in [-0.15, -0.1) is 0 Å². The summed E-state index contributed by atoms with van der Waals surface area (Å²) in [6.45, 7) is 6.13. The number of rotatable bonds is 3. The number of ether oxygens (including phenoxy) is 1. The summed E-state index contributed by atoms with van der Waals surface area (Å²) < 4.78 is 5.00. The molecule has 3 aromatic carbocycles. The van der Waals surface area contributed by atoms with Crippen molar-refractivity contribution in [1.82, 2.24) is 0 Å². The summed E-state index contributed by atoms with van der Waals surface area (Å²) in [4.78, 5) is 25.0. The van der Waals surface area contributed by atoms with Crippen molar-refractivity contribution in [3.05, 3.63) is 76.3 Å². The summed E-state index contributed by atoms with van der Waals surface area (Å²) in [6.07, 6.45) is 1.28. The average molecular weight is 414 g/mol. The maximum Gasteiger partial charge on any atom is 0.310 e. The largest absolute Gasteiger partial charge is 0.469 e. The van der Waals surface area contributed by atoms with Crippen LogP contribution in [0.25, 0.3) is 22.3 Å². The van der Waals surface area contributed by atoms with Gasteiger partial charge in [-0.3, -0.25) is 9.59 Å². The third-order valence-electron chi connectivity index (χ3n) is 6.19. The average Bonchev–Trinajstić information content (AvgIpc) is 2.76. The van der Waals surface area contributed by atoms with E-state index in [2.05, 4.69) is 55.6 Å². The van der Waals surface area contributed by atoms with Crippen molar-refractivity contribution in [1.29, 1.82) is 0 Å². The van der Waals surface area contributed by atoms with Gasteiger partial charge in [0.15, 0.2) is 0 Å². The predicted molar refractivity (Wildman–Crippen MR) is 124 cm³/mol.